The third-order valence-corrected chi connectivity index (χ3v) is 5.16. The number of nitrogens with zero attached hydrogens (tertiary/aromatic N) is 2. The van der Waals surface area contributed by atoms with Crippen molar-refractivity contribution >= 4 is 62.4 Å². The summed E-state index contributed by atoms with van der Waals surface area (Å²) in [6, 6.07) is 12.7. The van der Waals surface area contributed by atoms with E-state index in [0.717, 1.165) is 11.3 Å². The summed E-state index contributed by atoms with van der Waals surface area (Å²) in [5.41, 5.74) is -0.213. The highest BCUT2D eigenvalue weighted by Crippen LogP contribution is 2.28. The molecule has 0 aliphatic rings. The number of carbonyl (C=O) groups is 1. The zero-order valence-corrected chi connectivity index (χ0v) is 17.3. The minimum Gasteiger partial charge on any atom is -0.485 e. The third-order valence-electron chi connectivity index (χ3n) is 3.82. The number of anilines is 2. The normalized spacial score (nSPS) is 10.7. The Balaban J connectivity index is 1.38. The number of nitrogens with one attached hydrogen (secondary N) is 2. The Morgan fingerprint density at radius 2 is 1.93 bits per heavy atom. The van der Waals surface area contributed by atoms with Gasteiger partial charge in [-0.2, -0.15) is 0 Å². The lowest BCUT2D eigenvalue weighted by molar-refractivity contribution is 0.262. The molecule has 0 radical (unpaired) electrons. The standard InChI is InChI=1S/C19H12Cl2N4O4S/c20-11-5-6-15(12(21)8-11)28-9-16-24-25-19(30-16)23-18(27)22-13-7-10-3-1-2-4-14(10)29-17(13)26/h1-8H,9H2,(H2,22,23,25,27). The van der Waals surface area contributed by atoms with Crippen molar-refractivity contribution in [3.8, 4) is 5.75 Å². The van der Waals surface area contributed by atoms with E-state index in [9.17, 15) is 9.59 Å². The van der Waals surface area contributed by atoms with Gasteiger partial charge in [0.1, 0.15) is 23.6 Å². The largest absolute Gasteiger partial charge is 0.485 e. The molecule has 0 saturated heterocycles. The van der Waals surface area contributed by atoms with Crippen LogP contribution in [0.25, 0.3) is 11.0 Å². The molecular weight excluding hydrogens is 451 g/mol. The maximum Gasteiger partial charge on any atom is 0.360 e. The minimum atomic E-state index is -0.657. The van der Waals surface area contributed by atoms with E-state index in [2.05, 4.69) is 20.8 Å². The number of aromatic nitrogens is 2. The number of benzene rings is 2. The van der Waals surface area contributed by atoms with Crippen LogP contribution in [0.4, 0.5) is 15.6 Å². The monoisotopic (exact) mass is 462 g/mol. The molecule has 4 aromatic rings. The first-order chi connectivity index (χ1) is 14.5. The van der Waals surface area contributed by atoms with E-state index >= 15 is 0 Å². The summed E-state index contributed by atoms with van der Waals surface area (Å²) in [6.45, 7) is 0.108. The molecule has 2 N–H and O–H groups in total. The van der Waals surface area contributed by atoms with Gasteiger partial charge in [-0.15, -0.1) is 10.2 Å². The number of urea groups is 1. The van der Waals surface area contributed by atoms with Crippen LogP contribution in [0.1, 0.15) is 5.01 Å². The van der Waals surface area contributed by atoms with Crippen LogP contribution in [0.3, 0.4) is 0 Å². The number of para-hydroxylation sites is 1. The van der Waals surface area contributed by atoms with Crippen molar-refractivity contribution in [2.45, 2.75) is 6.61 Å². The molecule has 0 unspecified atom stereocenters. The molecule has 152 valence electrons. The second-order valence-corrected chi connectivity index (χ2v) is 7.83. The average molecular weight is 463 g/mol. The van der Waals surface area contributed by atoms with Gasteiger partial charge in [0, 0.05) is 10.4 Å². The highest BCUT2D eigenvalue weighted by Gasteiger charge is 2.12. The number of hydrogen-bond donors (Lipinski definition) is 2. The maximum atomic E-state index is 12.2. The molecule has 30 heavy (non-hydrogen) atoms. The summed E-state index contributed by atoms with van der Waals surface area (Å²) in [4.78, 5) is 24.2. The summed E-state index contributed by atoms with van der Waals surface area (Å²) in [5.74, 6) is 0.451. The Labute approximate surface area is 183 Å². The highest BCUT2D eigenvalue weighted by molar-refractivity contribution is 7.15. The molecule has 8 nitrogen and oxygen atoms in total. The van der Waals surface area contributed by atoms with E-state index < -0.39 is 11.7 Å². The third kappa shape index (κ3) is 4.70. The average Bonchev–Trinajstić information content (AvgIpc) is 3.15. The summed E-state index contributed by atoms with van der Waals surface area (Å²) < 4.78 is 10.8. The Hall–Kier alpha value is -3.14. The van der Waals surface area contributed by atoms with Gasteiger partial charge in [0.05, 0.1) is 5.02 Å². The van der Waals surface area contributed by atoms with Gasteiger partial charge in [-0.1, -0.05) is 52.7 Å². The van der Waals surface area contributed by atoms with Crippen molar-refractivity contribution in [3.63, 3.8) is 0 Å². The lowest BCUT2D eigenvalue weighted by atomic mass is 10.2. The first-order valence-electron chi connectivity index (χ1n) is 8.49. The number of carbonyl (C=O) groups excluding carboxylic acids is 1. The van der Waals surface area contributed by atoms with Crippen LogP contribution in [0, 0.1) is 0 Å². The van der Waals surface area contributed by atoms with Crippen LogP contribution in [0.5, 0.6) is 5.75 Å². The van der Waals surface area contributed by atoms with E-state index in [4.69, 9.17) is 32.4 Å². The topological polar surface area (TPSA) is 106 Å². The van der Waals surface area contributed by atoms with Crippen molar-refractivity contribution in [3.05, 3.63) is 74.0 Å². The van der Waals surface area contributed by atoms with E-state index in [-0.39, 0.29) is 17.4 Å². The van der Waals surface area contributed by atoms with E-state index in [1.165, 1.54) is 6.07 Å². The van der Waals surface area contributed by atoms with Crippen LogP contribution >= 0.6 is 34.5 Å². The second-order valence-electron chi connectivity index (χ2n) is 5.93. The molecule has 0 fully saturated rings. The van der Waals surface area contributed by atoms with Gasteiger partial charge in [0.2, 0.25) is 5.13 Å². The van der Waals surface area contributed by atoms with Gasteiger partial charge >= 0.3 is 11.7 Å². The zero-order valence-electron chi connectivity index (χ0n) is 15.0. The number of halogens is 2. The van der Waals surface area contributed by atoms with Crippen LogP contribution in [0.2, 0.25) is 10.0 Å². The lowest BCUT2D eigenvalue weighted by Crippen LogP contribution is -2.23. The predicted octanol–water partition coefficient (Wildman–Crippen LogP) is 5.17. The van der Waals surface area contributed by atoms with E-state index in [1.54, 1.807) is 42.5 Å². The van der Waals surface area contributed by atoms with Crippen LogP contribution < -0.4 is 21.0 Å². The molecule has 0 bridgehead atoms. The molecule has 4 rings (SSSR count). The number of hydrogen-bond acceptors (Lipinski definition) is 7. The first kappa shape index (κ1) is 20.1. The molecule has 0 spiro atoms. The number of ether oxygens (including phenoxy) is 1. The smallest absolute Gasteiger partial charge is 0.360 e. The molecule has 0 aliphatic heterocycles. The summed E-state index contributed by atoms with van der Waals surface area (Å²) >= 11 is 13.0. The lowest BCUT2D eigenvalue weighted by Gasteiger charge is -2.06. The molecule has 11 heteroatoms. The van der Waals surface area contributed by atoms with E-state index in [1.807, 2.05) is 0 Å². The van der Waals surface area contributed by atoms with Crippen molar-refractivity contribution in [2.24, 2.45) is 0 Å². The zero-order chi connectivity index (χ0) is 21.1. The van der Waals surface area contributed by atoms with Gasteiger partial charge in [0.25, 0.3) is 0 Å². The van der Waals surface area contributed by atoms with Crippen molar-refractivity contribution in [1.82, 2.24) is 10.2 Å². The summed E-state index contributed by atoms with van der Waals surface area (Å²) in [7, 11) is 0. The molecular formula is C19H12Cl2N4O4S. The van der Waals surface area contributed by atoms with Gasteiger partial charge in [-0.25, -0.2) is 9.59 Å². The Morgan fingerprint density at radius 1 is 1.10 bits per heavy atom. The Kier molecular flexibility index (Phi) is 5.84. The van der Waals surface area contributed by atoms with Crippen LogP contribution in [-0.4, -0.2) is 16.2 Å². The molecule has 0 atom stereocenters. The second kappa shape index (κ2) is 8.70. The number of amides is 2. The fourth-order valence-electron chi connectivity index (χ4n) is 2.49. The molecule has 2 aromatic carbocycles. The molecule has 2 amide bonds. The molecule has 0 saturated carbocycles. The fourth-order valence-corrected chi connectivity index (χ4v) is 3.61. The van der Waals surface area contributed by atoms with Gasteiger partial charge in [-0.05, 0) is 30.3 Å². The predicted molar refractivity (Wildman–Crippen MR) is 116 cm³/mol. The summed E-state index contributed by atoms with van der Waals surface area (Å²) in [6.07, 6.45) is 0. The van der Waals surface area contributed by atoms with Gasteiger partial charge < -0.3 is 14.5 Å². The molecule has 2 aromatic heterocycles. The first-order valence-corrected chi connectivity index (χ1v) is 10.1. The Bertz CT molecular complexity index is 1290. The van der Waals surface area contributed by atoms with Crippen molar-refractivity contribution < 1.29 is 13.9 Å². The quantitative estimate of drug-likeness (QED) is 0.396. The van der Waals surface area contributed by atoms with Crippen LogP contribution in [0.15, 0.2) is 57.7 Å². The number of fused-ring (bicyclic) bond motifs is 1. The Morgan fingerprint density at radius 3 is 2.77 bits per heavy atom. The molecule has 0 aliphatic carbocycles. The van der Waals surface area contributed by atoms with Crippen molar-refractivity contribution in [2.75, 3.05) is 10.6 Å². The van der Waals surface area contributed by atoms with Gasteiger partial charge in [0.15, 0.2) is 5.01 Å². The maximum absolute atomic E-state index is 12.2. The minimum absolute atomic E-state index is 0.0108. The molecule has 2 heterocycles. The number of rotatable bonds is 5. The van der Waals surface area contributed by atoms with Crippen LogP contribution in [-0.2, 0) is 6.61 Å². The fraction of sp³-hybridized carbons (Fsp3) is 0.0526. The summed E-state index contributed by atoms with van der Waals surface area (Å²) in [5, 5.41) is 15.1. The van der Waals surface area contributed by atoms with Crippen molar-refractivity contribution in [1.29, 1.82) is 0 Å². The highest BCUT2D eigenvalue weighted by atomic mass is 35.5. The van der Waals surface area contributed by atoms with E-state index in [0.29, 0.717) is 31.8 Å². The van der Waals surface area contributed by atoms with Gasteiger partial charge in [-0.3, -0.25) is 5.32 Å². The SMILES string of the molecule is O=C(Nc1nnc(COc2ccc(Cl)cc2Cl)s1)Nc1cc2ccccc2oc1=O.